The van der Waals surface area contributed by atoms with Gasteiger partial charge in [-0.25, -0.2) is 4.98 Å². The summed E-state index contributed by atoms with van der Waals surface area (Å²) >= 11 is 1.49. The number of thiophene rings is 1. The van der Waals surface area contributed by atoms with Crippen LogP contribution in [0.1, 0.15) is 23.2 Å². The molecular weight excluding hydrogens is 368 g/mol. The van der Waals surface area contributed by atoms with Crippen molar-refractivity contribution in [3.05, 3.63) is 56.3 Å². The Kier molecular flexibility index (Phi) is 5.46. The molecule has 0 unspecified atom stereocenters. The van der Waals surface area contributed by atoms with E-state index in [1.54, 1.807) is 13.0 Å². The van der Waals surface area contributed by atoms with E-state index in [0.717, 1.165) is 4.88 Å². The van der Waals surface area contributed by atoms with Crippen molar-refractivity contribution >= 4 is 29.0 Å². The number of carbonyl (C=O) groups is 2. The average molecular weight is 386 g/mol. The Morgan fingerprint density at radius 2 is 2.11 bits per heavy atom. The van der Waals surface area contributed by atoms with Crippen molar-refractivity contribution in [3.63, 3.8) is 0 Å². The second-order valence-corrected chi connectivity index (χ2v) is 6.75. The van der Waals surface area contributed by atoms with Crippen LogP contribution in [0.4, 0.5) is 5.82 Å². The summed E-state index contributed by atoms with van der Waals surface area (Å²) < 4.78 is 1.29. The summed E-state index contributed by atoms with van der Waals surface area (Å²) in [5, 5.41) is 11.2. The lowest BCUT2D eigenvalue weighted by atomic mass is 10.3. The van der Waals surface area contributed by atoms with Crippen molar-refractivity contribution < 1.29 is 9.59 Å². The number of rotatable bonds is 5. The van der Waals surface area contributed by atoms with Gasteiger partial charge in [-0.1, -0.05) is 13.0 Å². The highest BCUT2D eigenvalue weighted by Gasteiger charge is 2.18. The van der Waals surface area contributed by atoms with Gasteiger partial charge in [0.25, 0.3) is 5.56 Å². The molecule has 3 rings (SSSR count). The smallest absolute Gasteiger partial charge is 0.314 e. The van der Waals surface area contributed by atoms with Crippen LogP contribution in [0.2, 0.25) is 0 Å². The number of H-pyrrole nitrogens is 1. The van der Waals surface area contributed by atoms with Gasteiger partial charge >= 0.3 is 11.8 Å². The first-order valence-electron chi connectivity index (χ1n) is 8.25. The highest BCUT2D eigenvalue weighted by atomic mass is 32.1. The van der Waals surface area contributed by atoms with E-state index < -0.39 is 11.8 Å². The second-order valence-electron chi connectivity index (χ2n) is 5.71. The number of amides is 2. The number of carbonyl (C=O) groups excluding carboxylic acids is 2. The fraction of sp³-hybridized carbons (Fsp3) is 0.235. The Labute approximate surface area is 158 Å². The Hall–Kier alpha value is -3.27. The molecule has 0 saturated carbocycles. The van der Waals surface area contributed by atoms with Gasteiger partial charge in [-0.05, 0) is 24.8 Å². The fourth-order valence-electron chi connectivity index (χ4n) is 2.36. The zero-order valence-electron chi connectivity index (χ0n) is 14.8. The molecule has 0 aliphatic heterocycles. The average Bonchev–Trinajstić information content (AvgIpc) is 3.28. The van der Waals surface area contributed by atoms with E-state index >= 15 is 0 Å². The van der Waals surface area contributed by atoms with Crippen LogP contribution in [0.25, 0.3) is 5.95 Å². The minimum Gasteiger partial charge on any atom is -0.343 e. The number of nitrogens with zero attached hydrogens (tertiary/aromatic N) is 3. The zero-order chi connectivity index (χ0) is 19.4. The predicted molar refractivity (Wildman–Crippen MR) is 101 cm³/mol. The van der Waals surface area contributed by atoms with Gasteiger partial charge in [0.1, 0.15) is 5.82 Å². The normalized spacial score (nSPS) is 10.6. The van der Waals surface area contributed by atoms with Crippen molar-refractivity contribution in [1.29, 1.82) is 0 Å². The maximum atomic E-state index is 12.2. The maximum absolute atomic E-state index is 12.2. The van der Waals surface area contributed by atoms with E-state index in [2.05, 4.69) is 25.7 Å². The maximum Gasteiger partial charge on any atom is 0.314 e. The standard InChI is InChI=1S/C17H18N6O3S/c1-3-11-8-14(24)21-17(19-11)23-13(7-10(2)22-23)20-16(26)15(25)18-9-12-5-4-6-27-12/h4-8H,3,9H2,1-2H3,(H,18,25)(H,20,26)(H,19,21,24). The number of aromatic nitrogens is 4. The molecule has 0 aliphatic carbocycles. The monoisotopic (exact) mass is 386 g/mol. The lowest BCUT2D eigenvalue weighted by molar-refractivity contribution is -0.136. The number of hydrogen-bond acceptors (Lipinski definition) is 6. The molecule has 27 heavy (non-hydrogen) atoms. The Balaban J connectivity index is 1.77. The number of anilines is 1. The molecule has 140 valence electrons. The summed E-state index contributed by atoms with van der Waals surface area (Å²) in [6.45, 7) is 3.88. The molecule has 0 radical (unpaired) electrons. The molecule has 10 heteroatoms. The third kappa shape index (κ3) is 4.47. The highest BCUT2D eigenvalue weighted by Crippen LogP contribution is 2.14. The van der Waals surface area contributed by atoms with Crippen molar-refractivity contribution in [2.45, 2.75) is 26.8 Å². The van der Waals surface area contributed by atoms with Crippen LogP contribution >= 0.6 is 11.3 Å². The van der Waals surface area contributed by atoms with Crippen LogP contribution in [0.3, 0.4) is 0 Å². The van der Waals surface area contributed by atoms with Crippen LogP contribution in [-0.2, 0) is 22.6 Å². The van der Waals surface area contributed by atoms with Crippen LogP contribution in [0.15, 0.2) is 34.4 Å². The minimum absolute atomic E-state index is 0.168. The molecule has 3 aromatic rings. The quantitative estimate of drug-likeness (QED) is 0.568. The lowest BCUT2D eigenvalue weighted by Crippen LogP contribution is -2.35. The predicted octanol–water partition coefficient (Wildman–Crippen LogP) is 1.14. The van der Waals surface area contributed by atoms with Crippen LogP contribution in [-0.4, -0.2) is 31.6 Å². The highest BCUT2D eigenvalue weighted by molar-refractivity contribution is 7.09. The Morgan fingerprint density at radius 1 is 1.30 bits per heavy atom. The first-order chi connectivity index (χ1) is 13.0. The van der Waals surface area contributed by atoms with E-state index in [1.807, 2.05) is 24.4 Å². The molecule has 3 aromatic heterocycles. The molecule has 3 heterocycles. The largest absolute Gasteiger partial charge is 0.343 e. The van der Waals surface area contributed by atoms with Gasteiger partial charge in [-0.3, -0.25) is 19.4 Å². The van der Waals surface area contributed by atoms with Gasteiger partial charge in [0.05, 0.1) is 12.2 Å². The summed E-state index contributed by atoms with van der Waals surface area (Å²) in [4.78, 5) is 43.9. The summed E-state index contributed by atoms with van der Waals surface area (Å²) in [5.41, 5.74) is 0.859. The number of hydrogen-bond donors (Lipinski definition) is 3. The van der Waals surface area contributed by atoms with E-state index in [4.69, 9.17) is 0 Å². The third-order valence-corrected chi connectivity index (χ3v) is 4.50. The third-order valence-electron chi connectivity index (χ3n) is 3.63. The van der Waals surface area contributed by atoms with E-state index in [0.29, 0.717) is 17.8 Å². The van der Waals surface area contributed by atoms with Crippen LogP contribution in [0.5, 0.6) is 0 Å². The van der Waals surface area contributed by atoms with Crippen molar-refractivity contribution in [3.8, 4) is 5.95 Å². The SMILES string of the molecule is CCc1cc(=O)[nH]c(-n2nc(C)cc2NC(=O)C(=O)NCc2cccs2)n1. The summed E-state index contributed by atoms with van der Waals surface area (Å²) in [5.74, 6) is -1.19. The first kappa shape index (κ1) is 18.5. The zero-order valence-corrected chi connectivity index (χ0v) is 15.6. The molecular formula is C17H18N6O3S. The molecule has 3 N–H and O–H groups in total. The van der Waals surface area contributed by atoms with Gasteiger partial charge in [-0.2, -0.15) is 9.78 Å². The molecule has 0 saturated heterocycles. The molecule has 9 nitrogen and oxygen atoms in total. The molecule has 0 aliphatic rings. The van der Waals surface area contributed by atoms with Gasteiger partial charge in [0.15, 0.2) is 0 Å². The summed E-state index contributed by atoms with van der Waals surface area (Å²) in [6, 6.07) is 6.72. The Morgan fingerprint density at radius 3 is 2.81 bits per heavy atom. The lowest BCUT2D eigenvalue weighted by Gasteiger charge is -2.09. The number of nitrogens with one attached hydrogen (secondary N) is 3. The molecule has 0 fully saturated rings. The minimum atomic E-state index is -0.832. The van der Waals surface area contributed by atoms with Gasteiger partial charge in [-0.15, -0.1) is 11.3 Å². The first-order valence-corrected chi connectivity index (χ1v) is 9.13. The topological polar surface area (TPSA) is 122 Å². The molecule has 2 amide bonds. The van der Waals surface area contributed by atoms with Gasteiger partial charge in [0, 0.05) is 22.7 Å². The summed E-state index contributed by atoms with van der Waals surface area (Å²) in [7, 11) is 0. The van der Waals surface area contributed by atoms with E-state index in [1.165, 1.54) is 22.1 Å². The Bertz CT molecular complexity index is 1020. The molecule has 0 bridgehead atoms. The van der Waals surface area contributed by atoms with Gasteiger partial charge < -0.3 is 10.6 Å². The van der Waals surface area contributed by atoms with Crippen molar-refractivity contribution in [2.75, 3.05) is 5.32 Å². The van der Waals surface area contributed by atoms with E-state index in [-0.39, 0.29) is 23.9 Å². The number of aromatic amines is 1. The summed E-state index contributed by atoms with van der Waals surface area (Å²) in [6.07, 6.45) is 0.573. The fourth-order valence-corrected chi connectivity index (χ4v) is 3.00. The number of aryl methyl sites for hydroxylation is 2. The molecule has 0 atom stereocenters. The van der Waals surface area contributed by atoms with Crippen LogP contribution in [0, 0.1) is 6.92 Å². The molecule has 0 spiro atoms. The van der Waals surface area contributed by atoms with Crippen molar-refractivity contribution in [2.24, 2.45) is 0 Å². The van der Waals surface area contributed by atoms with Gasteiger partial charge in [0.2, 0.25) is 5.95 Å². The van der Waals surface area contributed by atoms with Crippen LogP contribution < -0.4 is 16.2 Å². The second kappa shape index (κ2) is 7.96. The van der Waals surface area contributed by atoms with Crippen molar-refractivity contribution in [1.82, 2.24) is 25.1 Å². The molecule has 0 aromatic carbocycles. The van der Waals surface area contributed by atoms with E-state index in [9.17, 15) is 14.4 Å².